The van der Waals surface area contributed by atoms with E-state index < -0.39 is 0 Å². The fraction of sp³-hybridized carbons (Fsp3) is 0.467. The van der Waals surface area contributed by atoms with Crippen LogP contribution >= 0.6 is 11.3 Å². The second-order valence-corrected chi connectivity index (χ2v) is 6.67. The Balaban J connectivity index is 2.07. The highest BCUT2D eigenvalue weighted by Gasteiger charge is 2.16. The number of nitrogens with one attached hydrogen (secondary N) is 2. The van der Waals surface area contributed by atoms with E-state index in [0.717, 1.165) is 6.42 Å². The zero-order valence-electron chi connectivity index (χ0n) is 13.7. The van der Waals surface area contributed by atoms with Crippen molar-refractivity contribution >= 4 is 34.1 Å². The Morgan fingerprint density at radius 1 is 1.30 bits per heavy atom. The minimum atomic E-state index is -0.323. The summed E-state index contributed by atoms with van der Waals surface area (Å²) in [4.78, 5) is 27.4. The van der Waals surface area contributed by atoms with Crippen LogP contribution in [0.4, 0.5) is 10.9 Å². The zero-order valence-corrected chi connectivity index (χ0v) is 14.5. The highest BCUT2D eigenvalue weighted by atomic mass is 32.1. The highest BCUT2D eigenvalue weighted by Crippen LogP contribution is 2.22. The summed E-state index contributed by atoms with van der Waals surface area (Å²) in [5, 5.41) is 11.7. The third-order valence-electron chi connectivity index (χ3n) is 3.16. The van der Waals surface area contributed by atoms with Gasteiger partial charge in [0, 0.05) is 18.4 Å². The lowest BCUT2D eigenvalue weighted by Gasteiger charge is -2.17. The van der Waals surface area contributed by atoms with Crippen molar-refractivity contribution in [2.45, 2.75) is 40.2 Å². The lowest BCUT2D eigenvalue weighted by atomic mass is 10.1. The molecule has 0 aliphatic rings. The standard InChI is InChI=1S/C15H21N5O2S/c1-9(2)7-10(3)20-13(5-6-16-20)19-14(22)12-8-23-15(18-12)17-11(4)21/h5-6,8-10H,7H2,1-4H3,(H,19,22)(H,17,18,21)/t10-/m0/s1. The van der Waals surface area contributed by atoms with Gasteiger partial charge in [-0.1, -0.05) is 13.8 Å². The summed E-state index contributed by atoms with van der Waals surface area (Å²) in [5.74, 6) is 0.636. The molecule has 0 saturated carbocycles. The Morgan fingerprint density at radius 3 is 2.70 bits per heavy atom. The Bertz CT molecular complexity index is 692. The van der Waals surface area contributed by atoms with E-state index >= 15 is 0 Å². The second kappa shape index (κ2) is 7.36. The molecule has 2 amide bonds. The van der Waals surface area contributed by atoms with Crippen LogP contribution in [0.15, 0.2) is 17.6 Å². The number of thiazole rings is 1. The second-order valence-electron chi connectivity index (χ2n) is 5.81. The summed E-state index contributed by atoms with van der Waals surface area (Å²) < 4.78 is 1.80. The van der Waals surface area contributed by atoms with Gasteiger partial charge < -0.3 is 10.6 Å². The summed E-state index contributed by atoms with van der Waals surface area (Å²) in [6.45, 7) is 7.77. The van der Waals surface area contributed by atoms with Crippen LogP contribution in [0.5, 0.6) is 0 Å². The van der Waals surface area contributed by atoms with Gasteiger partial charge in [-0.05, 0) is 19.3 Å². The Kier molecular flexibility index (Phi) is 5.49. The first-order valence-corrected chi connectivity index (χ1v) is 8.32. The van der Waals surface area contributed by atoms with Gasteiger partial charge >= 0.3 is 0 Å². The lowest BCUT2D eigenvalue weighted by molar-refractivity contribution is -0.114. The molecule has 23 heavy (non-hydrogen) atoms. The molecule has 0 fully saturated rings. The van der Waals surface area contributed by atoms with Gasteiger partial charge in [0.15, 0.2) is 5.13 Å². The Hall–Kier alpha value is -2.22. The Labute approximate surface area is 139 Å². The van der Waals surface area contributed by atoms with Crippen LogP contribution in [0, 0.1) is 5.92 Å². The van der Waals surface area contributed by atoms with Gasteiger partial charge in [0.25, 0.3) is 5.91 Å². The van der Waals surface area contributed by atoms with E-state index in [9.17, 15) is 9.59 Å². The molecule has 7 nitrogen and oxygen atoms in total. The number of nitrogens with zero attached hydrogens (tertiary/aromatic N) is 3. The van der Waals surface area contributed by atoms with Gasteiger partial charge in [-0.25, -0.2) is 9.67 Å². The van der Waals surface area contributed by atoms with Crippen molar-refractivity contribution in [3.63, 3.8) is 0 Å². The fourth-order valence-electron chi connectivity index (χ4n) is 2.31. The van der Waals surface area contributed by atoms with Gasteiger partial charge in [0.1, 0.15) is 11.5 Å². The quantitative estimate of drug-likeness (QED) is 0.848. The predicted molar refractivity (Wildman–Crippen MR) is 90.8 cm³/mol. The van der Waals surface area contributed by atoms with Crippen molar-refractivity contribution in [2.24, 2.45) is 5.92 Å². The molecule has 0 spiro atoms. The summed E-state index contributed by atoms with van der Waals surface area (Å²) in [6.07, 6.45) is 2.63. The first-order chi connectivity index (χ1) is 10.9. The minimum Gasteiger partial charge on any atom is -0.305 e. The molecule has 2 aromatic heterocycles. The lowest BCUT2D eigenvalue weighted by Crippen LogP contribution is -2.18. The van der Waals surface area contributed by atoms with E-state index in [0.29, 0.717) is 16.9 Å². The number of anilines is 2. The molecule has 0 aromatic carbocycles. The highest BCUT2D eigenvalue weighted by molar-refractivity contribution is 7.14. The summed E-state index contributed by atoms with van der Waals surface area (Å²) in [7, 11) is 0. The molecule has 0 bridgehead atoms. The van der Waals surface area contributed by atoms with E-state index in [1.807, 2.05) is 0 Å². The molecule has 8 heteroatoms. The van der Waals surface area contributed by atoms with Gasteiger partial charge in [0.05, 0.1) is 12.2 Å². The molecule has 0 aliphatic heterocycles. The number of rotatable bonds is 6. The smallest absolute Gasteiger partial charge is 0.276 e. The van der Waals surface area contributed by atoms with Crippen molar-refractivity contribution in [2.75, 3.05) is 10.6 Å². The molecule has 2 rings (SSSR count). The summed E-state index contributed by atoms with van der Waals surface area (Å²) >= 11 is 1.21. The average Bonchev–Trinajstić information content (AvgIpc) is 3.06. The van der Waals surface area contributed by atoms with Crippen molar-refractivity contribution in [3.8, 4) is 0 Å². The topological polar surface area (TPSA) is 88.9 Å². The maximum Gasteiger partial charge on any atom is 0.276 e. The molecule has 0 radical (unpaired) electrons. The number of hydrogen-bond donors (Lipinski definition) is 2. The molecule has 2 N–H and O–H groups in total. The maximum atomic E-state index is 12.3. The average molecular weight is 335 g/mol. The SMILES string of the molecule is CC(=O)Nc1nc(C(=O)Nc2ccnn2[C@@H](C)CC(C)C)cs1. The third kappa shape index (κ3) is 4.62. The van der Waals surface area contributed by atoms with E-state index in [1.54, 1.807) is 22.3 Å². The first-order valence-electron chi connectivity index (χ1n) is 7.44. The molecule has 0 aliphatic carbocycles. The molecular weight excluding hydrogens is 314 g/mol. The zero-order chi connectivity index (χ0) is 17.0. The van der Waals surface area contributed by atoms with Gasteiger partial charge in [-0.3, -0.25) is 9.59 Å². The normalized spacial score (nSPS) is 12.2. The number of carbonyl (C=O) groups excluding carboxylic acids is 2. The molecular formula is C15H21N5O2S. The van der Waals surface area contributed by atoms with Crippen LogP contribution < -0.4 is 10.6 Å². The van der Waals surface area contributed by atoms with E-state index in [1.165, 1.54) is 18.3 Å². The monoisotopic (exact) mass is 335 g/mol. The van der Waals surface area contributed by atoms with Gasteiger partial charge in [-0.15, -0.1) is 11.3 Å². The van der Waals surface area contributed by atoms with Gasteiger partial charge in [-0.2, -0.15) is 5.10 Å². The molecule has 0 saturated heterocycles. The van der Waals surface area contributed by atoms with Crippen molar-refractivity contribution in [1.82, 2.24) is 14.8 Å². The molecule has 1 atom stereocenters. The molecule has 2 heterocycles. The van der Waals surface area contributed by atoms with E-state index in [2.05, 4.69) is 41.5 Å². The number of carbonyl (C=O) groups is 2. The van der Waals surface area contributed by atoms with Crippen molar-refractivity contribution in [3.05, 3.63) is 23.3 Å². The largest absolute Gasteiger partial charge is 0.305 e. The number of amides is 2. The van der Waals surface area contributed by atoms with Crippen molar-refractivity contribution < 1.29 is 9.59 Å². The fourth-order valence-corrected chi connectivity index (χ4v) is 3.05. The molecule has 124 valence electrons. The van der Waals surface area contributed by atoms with Crippen LogP contribution in [0.2, 0.25) is 0 Å². The van der Waals surface area contributed by atoms with Crippen LogP contribution in [0.3, 0.4) is 0 Å². The summed E-state index contributed by atoms with van der Waals surface area (Å²) in [5.41, 5.74) is 0.267. The summed E-state index contributed by atoms with van der Waals surface area (Å²) in [6, 6.07) is 1.95. The van der Waals surface area contributed by atoms with Crippen LogP contribution in [0.25, 0.3) is 0 Å². The first kappa shape index (κ1) is 17.1. The van der Waals surface area contributed by atoms with E-state index in [4.69, 9.17) is 0 Å². The molecule has 0 unspecified atom stereocenters. The maximum absolute atomic E-state index is 12.3. The van der Waals surface area contributed by atoms with Crippen LogP contribution in [-0.4, -0.2) is 26.6 Å². The third-order valence-corrected chi connectivity index (χ3v) is 3.92. The minimum absolute atomic E-state index is 0.186. The molecule has 2 aromatic rings. The number of hydrogen-bond acceptors (Lipinski definition) is 5. The predicted octanol–water partition coefficient (Wildman–Crippen LogP) is 3.16. The van der Waals surface area contributed by atoms with Crippen LogP contribution in [-0.2, 0) is 4.79 Å². The van der Waals surface area contributed by atoms with Crippen molar-refractivity contribution in [1.29, 1.82) is 0 Å². The van der Waals surface area contributed by atoms with Crippen LogP contribution in [0.1, 0.15) is 50.6 Å². The van der Waals surface area contributed by atoms with E-state index in [-0.39, 0.29) is 23.6 Å². The number of aromatic nitrogens is 3. The van der Waals surface area contributed by atoms with Gasteiger partial charge in [0.2, 0.25) is 5.91 Å². The Morgan fingerprint density at radius 2 is 2.04 bits per heavy atom.